The van der Waals surface area contributed by atoms with E-state index in [0.29, 0.717) is 39.1 Å². The molecule has 0 radical (unpaired) electrons. The van der Waals surface area contributed by atoms with Crippen molar-refractivity contribution >= 4 is 11.9 Å². The van der Waals surface area contributed by atoms with Gasteiger partial charge in [-0.1, -0.05) is 26.7 Å². The maximum Gasteiger partial charge on any atom is 0.307 e. The largest absolute Gasteiger partial charge is 0.466 e. The average Bonchev–Trinajstić information content (AvgIpc) is 2.47. The maximum atomic E-state index is 11.6. The zero-order chi connectivity index (χ0) is 16.8. The van der Waals surface area contributed by atoms with Crippen LogP contribution < -0.4 is 0 Å². The molecule has 0 aliphatic heterocycles. The second-order valence-electron chi connectivity index (χ2n) is 5.78. The highest BCUT2D eigenvalue weighted by molar-refractivity contribution is 5.70. The lowest BCUT2D eigenvalue weighted by atomic mass is 10.2. The van der Waals surface area contributed by atoms with Crippen molar-refractivity contribution in [1.29, 1.82) is 0 Å². The Labute approximate surface area is 135 Å². The Morgan fingerprint density at radius 2 is 1.27 bits per heavy atom. The quantitative estimate of drug-likeness (QED) is 0.386. The molecule has 5 heteroatoms. The third-order valence-corrected chi connectivity index (χ3v) is 3.46. The molecule has 0 bridgehead atoms. The molecular formula is C17H33NO4. The summed E-state index contributed by atoms with van der Waals surface area (Å²) < 4.78 is 10.3. The number of unbranched alkanes of at least 4 members (excludes halogenated alkanes) is 2. The summed E-state index contributed by atoms with van der Waals surface area (Å²) in [5.41, 5.74) is 0. The van der Waals surface area contributed by atoms with Crippen LogP contribution in [-0.4, -0.2) is 49.2 Å². The highest BCUT2D eigenvalue weighted by Crippen LogP contribution is 2.04. The minimum Gasteiger partial charge on any atom is -0.466 e. The Morgan fingerprint density at radius 3 is 1.59 bits per heavy atom. The number of esters is 2. The van der Waals surface area contributed by atoms with Gasteiger partial charge in [-0.05, 0) is 26.7 Å². The van der Waals surface area contributed by atoms with E-state index in [1.165, 1.54) is 0 Å². The van der Waals surface area contributed by atoms with Crippen LogP contribution in [0.25, 0.3) is 0 Å². The van der Waals surface area contributed by atoms with Crippen molar-refractivity contribution in [2.24, 2.45) is 0 Å². The highest BCUT2D eigenvalue weighted by Gasteiger charge is 2.14. The zero-order valence-corrected chi connectivity index (χ0v) is 14.7. The van der Waals surface area contributed by atoms with Crippen LogP contribution >= 0.6 is 0 Å². The van der Waals surface area contributed by atoms with E-state index in [2.05, 4.69) is 32.6 Å². The molecular weight excluding hydrogens is 282 g/mol. The van der Waals surface area contributed by atoms with Gasteiger partial charge in [-0.15, -0.1) is 0 Å². The molecule has 22 heavy (non-hydrogen) atoms. The number of hydrogen-bond acceptors (Lipinski definition) is 5. The molecule has 0 aliphatic carbocycles. The summed E-state index contributed by atoms with van der Waals surface area (Å²) in [4.78, 5) is 25.3. The zero-order valence-electron chi connectivity index (χ0n) is 14.7. The van der Waals surface area contributed by atoms with Crippen molar-refractivity contribution in [3.05, 3.63) is 0 Å². The fraction of sp³-hybridized carbons (Fsp3) is 0.882. The van der Waals surface area contributed by atoms with Crippen LogP contribution in [0.15, 0.2) is 0 Å². The van der Waals surface area contributed by atoms with Crippen LogP contribution in [0, 0.1) is 0 Å². The standard InChI is InChI=1S/C17H33NO4/c1-5-7-13-21-16(19)9-11-18(15(3)4)12-10-17(20)22-14-8-6-2/h15H,5-14H2,1-4H3. The first-order valence-electron chi connectivity index (χ1n) is 8.56. The van der Waals surface area contributed by atoms with E-state index >= 15 is 0 Å². The SMILES string of the molecule is CCCCOC(=O)CCN(CCC(=O)OCCCC)C(C)C. The van der Waals surface area contributed by atoms with Gasteiger partial charge >= 0.3 is 11.9 Å². The summed E-state index contributed by atoms with van der Waals surface area (Å²) in [5.74, 6) is -0.325. The number of carbonyl (C=O) groups excluding carboxylic acids is 2. The van der Waals surface area contributed by atoms with Gasteiger partial charge in [-0.2, -0.15) is 0 Å². The first-order valence-corrected chi connectivity index (χ1v) is 8.56. The van der Waals surface area contributed by atoms with Gasteiger partial charge in [-0.25, -0.2) is 0 Å². The minimum absolute atomic E-state index is 0.162. The fourth-order valence-electron chi connectivity index (χ4n) is 1.90. The second-order valence-corrected chi connectivity index (χ2v) is 5.78. The molecule has 130 valence electrons. The van der Waals surface area contributed by atoms with E-state index in [-0.39, 0.29) is 18.0 Å². The van der Waals surface area contributed by atoms with Gasteiger partial charge in [-0.3, -0.25) is 14.5 Å². The first-order chi connectivity index (χ1) is 10.5. The van der Waals surface area contributed by atoms with Crippen molar-refractivity contribution in [2.75, 3.05) is 26.3 Å². The van der Waals surface area contributed by atoms with Gasteiger partial charge in [0.15, 0.2) is 0 Å². The maximum absolute atomic E-state index is 11.6. The Hall–Kier alpha value is -1.10. The average molecular weight is 315 g/mol. The second kappa shape index (κ2) is 13.6. The lowest BCUT2D eigenvalue weighted by Gasteiger charge is -2.25. The van der Waals surface area contributed by atoms with Gasteiger partial charge in [0.05, 0.1) is 26.1 Å². The smallest absolute Gasteiger partial charge is 0.307 e. The molecule has 0 saturated carbocycles. The normalized spacial score (nSPS) is 11.0. The van der Waals surface area contributed by atoms with Crippen LogP contribution in [0.1, 0.15) is 66.2 Å². The van der Waals surface area contributed by atoms with Gasteiger partial charge in [0.1, 0.15) is 0 Å². The summed E-state index contributed by atoms with van der Waals surface area (Å²) >= 11 is 0. The van der Waals surface area contributed by atoms with E-state index in [1.54, 1.807) is 0 Å². The molecule has 0 atom stereocenters. The van der Waals surface area contributed by atoms with Gasteiger partial charge in [0, 0.05) is 19.1 Å². The van der Waals surface area contributed by atoms with E-state index < -0.39 is 0 Å². The molecule has 0 aliphatic rings. The summed E-state index contributed by atoms with van der Waals surface area (Å²) in [6.45, 7) is 10.5. The van der Waals surface area contributed by atoms with Gasteiger partial charge in [0.25, 0.3) is 0 Å². The third kappa shape index (κ3) is 11.5. The van der Waals surface area contributed by atoms with Crippen LogP contribution in [0.3, 0.4) is 0 Å². The monoisotopic (exact) mass is 315 g/mol. The Kier molecular flexibility index (Phi) is 12.9. The molecule has 0 amide bonds. The molecule has 0 aromatic rings. The summed E-state index contributed by atoms with van der Waals surface area (Å²) in [6.07, 6.45) is 4.59. The number of carbonyl (C=O) groups is 2. The Balaban J connectivity index is 3.95. The van der Waals surface area contributed by atoms with Crippen molar-refractivity contribution < 1.29 is 19.1 Å². The Bertz CT molecular complexity index is 279. The molecule has 0 N–H and O–H groups in total. The Morgan fingerprint density at radius 1 is 0.864 bits per heavy atom. The topological polar surface area (TPSA) is 55.8 Å². The van der Waals surface area contributed by atoms with Crippen molar-refractivity contribution in [3.63, 3.8) is 0 Å². The van der Waals surface area contributed by atoms with Crippen LogP contribution in [0.2, 0.25) is 0 Å². The van der Waals surface area contributed by atoms with E-state index in [4.69, 9.17) is 9.47 Å². The molecule has 5 nitrogen and oxygen atoms in total. The van der Waals surface area contributed by atoms with E-state index in [9.17, 15) is 9.59 Å². The molecule has 0 aromatic heterocycles. The number of hydrogen-bond donors (Lipinski definition) is 0. The molecule has 0 heterocycles. The fourth-order valence-corrected chi connectivity index (χ4v) is 1.90. The lowest BCUT2D eigenvalue weighted by molar-refractivity contribution is -0.144. The molecule has 0 fully saturated rings. The summed E-state index contributed by atoms with van der Waals surface area (Å²) in [5, 5.41) is 0. The molecule has 0 spiro atoms. The minimum atomic E-state index is -0.162. The number of rotatable bonds is 13. The predicted molar refractivity (Wildman–Crippen MR) is 87.7 cm³/mol. The van der Waals surface area contributed by atoms with Crippen molar-refractivity contribution in [2.45, 2.75) is 72.3 Å². The van der Waals surface area contributed by atoms with Crippen LogP contribution in [0.5, 0.6) is 0 Å². The van der Waals surface area contributed by atoms with Crippen LogP contribution in [0.4, 0.5) is 0 Å². The number of nitrogens with zero attached hydrogens (tertiary/aromatic N) is 1. The third-order valence-electron chi connectivity index (χ3n) is 3.46. The van der Waals surface area contributed by atoms with Gasteiger partial charge in [0.2, 0.25) is 0 Å². The molecule has 0 saturated heterocycles. The van der Waals surface area contributed by atoms with E-state index in [1.807, 2.05) is 0 Å². The molecule has 0 unspecified atom stereocenters. The summed E-state index contributed by atoms with van der Waals surface area (Å²) in [6, 6.07) is 0.284. The van der Waals surface area contributed by atoms with Crippen LogP contribution in [-0.2, 0) is 19.1 Å². The molecule has 0 rings (SSSR count). The molecule has 0 aromatic carbocycles. The van der Waals surface area contributed by atoms with Crippen molar-refractivity contribution in [3.8, 4) is 0 Å². The van der Waals surface area contributed by atoms with Gasteiger partial charge < -0.3 is 9.47 Å². The highest BCUT2D eigenvalue weighted by atomic mass is 16.5. The first kappa shape index (κ1) is 20.9. The summed E-state index contributed by atoms with van der Waals surface area (Å²) in [7, 11) is 0. The number of ether oxygens (including phenoxy) is 2. The predicted octanol–water partition coefficient (Wildman–Crippen LogP) is 3.16. The lowest BCUT2D eigenvalue weighted by Crippen LogP contribution is -2.35. The van der Waals surface area contributed by atoms with Crippen molar-refractivity contribution in [1.82, 2.24) is 4.90 Å². The van der Waals surface area contributed by atoms with E-state index in [0.717, 1.165) is 25.7 Å².